The molecule has 2 aromatic carbocycles. The van der Waals surface area contributed by atoms with Crippen LogP contribution in [0.3, 0.4) is 0 Å². The van der Waals surface area contributed by atoms with Crippen molar-refractivity contribution < 1.29 is 32.9 Å². The molecular formula is C35H33ClF3N7O4. The lowest BCUT2D eigenvalue weighted by molar-refractivity contribution is 0.0689. The van der Waals surface area contributed by atoms with Crippen molar-refractivity contribution in [1.29, 1.82) is 0 Å². The van der Waals surface area contributed by atoms with E-state index in [4.69, 9.17) is 21.3 Å². The lowest BCUT2D eigenvalue weighted by atomic mass is 9.94. The summed E-state index contributed by atoms with van der Waals surface area (Å²) < 4.78 is 54.4. The quantitative estimate of drug-likeness (QED) is 0.199. The summed E-state index contributed by atoms with van der Waals surface area (Å²) in [6, 6.07) is 5.57. The number of hydrogen-bond donors (Lipinski definition) is 2. The van der Waals surface area contributed by atoms with Gasteiger partial charge in [-0.1, -0.05) is 24.6 Å². The van der Waals surface area contributed by atoms with Gasteiger partial charge in [-0.05, 0) is 66.8 Å². The molecule has 5 aromatic rings. The van der Waals surface area contributed by atoms with Crippen molar-refractivity contribution in [1.82, 2.24) is 29.6 Å². The molecule has 0 aliphatic carbocycles. The molecule has 2 fully saturated rings. The van der Waals surface area contributed by atoms with Crippen LogP contribution in [0.25, 0.3) is 32.9 Å². The highest BCUT2D eigenvalue weighted by molar-refractivity contribution is 6.34. The van der Waals surface area contributed by atoms with Crippen LogP contribution in [0.4, 0.5) is 19.0 Å². The highest BCUT2D eigenvalue weighted by Gasteiger charge is 2.49. The van der Waals surface area contributed by atoms with Gasteiger partial charge in [0.2, 0.25) is 0 Å². The molecule has 11 nitrogen and oxygen atoms in total. The molecule has 0 radical (unpaired) electrons. The first-order chi connectivity index (χ1) is 24.1. The highest BCUT2D eigenvalue weighted by Crippen LogP contribution is 2.42. The number of hydrogen-bond acceptors (Lipinski definition) is 9. The van der Waals surface area contributed by atoms with Crippen LogP contribution in [0, 0.1) is 11.6 Å². The maximum absolute atomic E-state index is 17.0. The molecule has 3 aliphatic rings. The Bertz CT molecular complexity index is 2200. The largest absolute Gasteiger partial charge is 0.508 e. The first-order valence-corrected chi connectivity index (χ1v) is 17.0. The number of carboxylic acid groups (broad SMARTS) is 1. The second-order valence-corrected chi connectivity index (χ2v) is 13.6. The Morgan fingerprint density at radius 2 is 2.00 bits per heavy atom. The Hall–Kier alpha value is -4.69. The van der Waals surface area contributed by atoms with E-state index in [0.29, 0.717) is 60.9 Å². The van der Waals surface area contributed by atoms with Crippen molar-refractivity contribution >= 4 is 45.1 Å². The Labute approximate surface area is 289 Å². The summed E-state index contributed by atoms with van der Waals surface area (Å²) in [6.07, 6.45) is 3.28. The average Bonchev–Trinajstić information content (AvgIpc) is 3.66. The first-order valence-electron chi connectivity index (χ1n) is 16.6. The maximum Gasteiger partial charge on any atom is 0.357 e. The van der Waals surface area contributed by atoms with Crippen LogP contribution >= 0.6 is 11.6 Å². The van der Waals surface area contributed by atoms with Gasteiger partial charge in [-0.15, -0.1) is 0 Å². The van der Waals surface area contributed by atoms with Crippen molar-refractivity contribution in [2.45, 2.75) is 63.8 Å². The number of ether oxygens (including phenoxy) is 1. The predicted molar refractivity (Wildman–Crippen MR) is 180 cm³/mol. The molecule has 2 atom stereocenters. The minimum absolute atomic E-state index is 0.00276. The number of phenolic OH excluding ortho intramolecular Hbond substituents is 1. The SMILES string of the molecule is CCc1c(F)ccc2cc(O)cc(-c3ncc4c(N5CCCn6nc(C(=O)O)c(Cl)c6C5)nc(OC[C@@]56CCCN5C[C@H](F)C6)nc4c3F)c12. The van der Waals surface area contributed by atoms with Crippen molar-refractivity contribution in [3.8, 4) is 23.0 Å². The van der Waals surface area contributed by atoms with Crippen molar-refractivity contribution in [2.75, 3.05) is 31.1 Å². The van der Waals surface area contributed by atoms with E-state index >= 15 is 8.78 Å². The molecule has 0 bridgehead atoms. The van der Waals surface area contributed by atoms with Gasteiger partial charge in [0.1, 0.15) is 41.4 Å². The zero-order chi connectivity index (χ0) is 34.9. The van der Waals surface area contributed by atoms with Gasteiger partial charge in [-0.2, -0.15) is 15.1 Å². The van der Waals surface area contributed by atoms with E-state index in [1.165, 1.54) is 30.5 Å². The number of aromatic nitrogens is 5. The van der Waals surface area contributed by atoms with E-state index < -0.39 is 29.3 Å². The minimum Gasteiger partial charge on any atom is -0.508 e. The number of fused-ring (bicyclic) bond motifs is 4. The molecule has 3 aromatic heterocycles. The number of carboxylic acids is 1. The smallest absolute Gasteiger partial charge is 0.357 e. The summed E-state index contributed by atoms with van der Waals surface area (Å²) >= 11 is 6.50. The normalized spacial score (nSPS) is 20.7. The Morgan fingerprint density at radius 1 is 1.16 bits per heavy atom. The van der Waals surface area contributed by atoms with Gasteiger partial charge < -0.3 is 19.8 Å². The lowest BCUT2D eigenvalue weighted by Gasteiger charge is -2.31. The number of halogens is 4. The van der Waals surface area contributed by atoms with Crippen LogP contribution in [-0.4, -0.2) is 83.8 Å². The zero-order valence-corrected chi connectivity index (χ0v) is 27.9. The van der Waals surface area contributed by atoms with Crippen molar-refractivity contribution in [3.63, 3.8) is 0 Å². The Morgan fingerprint density at radius 3 is 2.80 bits per heavy atom. The average molecular weight is 708 g/mol. The minimum atomic E-state index is -1.25. The molecular weight excluding hydrogens is 675 g/mol. The van der Waals surface area contributed by atoms with Gasteiger partial charge in [-0.25, -0.2) is 18.0 Å². The number of rotatable bonds is 7. The van der Waals surface area contributed by atoms with Crippen LogP contribution in [0.1, 0.15) is 54.4 Å². The molecule has 0 saturated carbocycles. The molecule has 15 heteroatoms. The third-order valence-electron chi connectivity index (χ3n) is 10.3. The second-order valence-electron chi connectivity index (χ2n) is 13.3. The number of benzene rings is 2. The van der Waals surface area contributed by atoms with E-state index in [1.54, 1.807) is 11.6 Å². The second kappa shape index (κ2) is 12.3. The number of carbonyl (C=O) groups is 1. The van der Waals surface area contributed by atoms with Gasteiger partial charge in [0.15, 0.2) is 11.5 Å². The molecule has 3 aliphatic heterocycles. The number of nitrogens with zero attached hydrogens (tertiary/aromatic N) is 7. The molecule has 6 heterocycles. The lowest BCUT2D eigenvalue weighted by Crippen LogP contribution is -2.43. The number of pyridine rings is 1. The fourth-order valence-corrected chi connectivity index (χ4v) is 8.27. The van der Waals surface area contributed by atoms with E-state index in [-0.39, 0.29) is 63.6 Å². The standard InChI is InChI=1S/C35H33ClF3N7O4/c1-2-21-24(38)6-5-18-11-20(47)12-22(26(18)21)29-28(39)30-23(14-40-29)32(44-8-4-10-46-25(16-44)27(36)31(43-46)33(48)49)42-34(41-30)50-17-35-7-3-9-45(35)15-19(37)13-35/h5-6,11-12,14,19,47H,2-4,7-10,13,15-17H2,1H3,(H,48,49)/t19-,35+/m1/s1. The van der Waals surface area contributed by atoms with Crippen LogP contribution in [0.15, 0.2) is 30.5 Å². The Balaban J connectivity index is 1.29. The van der Waals surface area contributed by atoms with Crippen LogP contribution in [0.2, 0.25) is 5.02 Å². The molecule has 0 amide bonds. The van der Waals surface area contributed by atoms with Gasteiger partial charge in [-0.3, -0.25) is 14.6 Å². The van der Waals surface area contributed by atoms with Gasteiger partial charge in [0.05, 0.1) is 28.2 Å². The highest BCUT2D eigenvalue weighted by atomic mass is 35.5. The monoisotopic (exact) mass is 707 g/mol. The molecule has 2 saturated heterocycles. The van der Waals surface area contributed by atoms with Crippen molar-refractivity contribution in [2.24, 2.45) is 0 Å². The van der Waals surface area contributed by atoms with E-state index in [1.807, 2.05) is 4.90 Å². The number of phenols is 1. The van der Waals surface area contributed by atoms with E-state index in [0.717, 1.165) is 19.4 Å². The summed E-state index contributed by atoms with van der Waals surface area (Å²) in [5.74, 6) is -2.40. The fourth-order valence-electron chi connectivity index (χ4n) is 7.99. The van der Waals surface area contributed by atoms with Gasteiger partial charge in [0.25, 0.3) is 0 Å². The number of aromatic hydroxyl groups is 1. The number of alkyl halides is 1. The molecule has 2 N–H and O–H groups in total. The number of aryl methyl sites for hydroxylation is 2. The molecule has 260 valence electrons. The summed E-state index contributed by atoms with van der Waals surface area (Å²) in [5, 5.41) is 25.6. The topological polar surface area (TPSA) is 130 Å². The van der Waals surface area contributed by atoms with Crippen LogP contribution < -0.4 is 9.64 Å². The third kappa shape index (κ3) is 5.27. The van der Waals surface area contributed by atoms with E-state index in [2.05, 4.69) is 20.0 Å². The summed E-state index contributed by atoms with van der Waals surface area (Å²) in [5.41, 5.74) is -0.0286. The third-order valence-corrected chi connectivity index (χ3v) is 10.7. The summed E-state index contributed by atoms with van der Waals surface area (Å²) in [6.45, 7) is 3.91. The molecule has 8 rings (SSSR count). The maximum atomic E-state index is 17.0. The first kappa shape index (κ1) is 32.5. The van der Waals surface area contributed by atoms with Crippen LogP contribution in [0.5, 0.6) is 11.8 Å². The van der Waals surface area contributed by atoms with Gasteiger partial charge in [0, 0.05) is 37.8 Å². The summed E-state index contributed by atoms with van der Waals surface area (Å²) in [4.78, 5) is 29.5. The van der Waals surface area contributed by atoms with Gasteiger partial charge >= 0.3 is 12.0 Å². The molecule has 0 spiro atoms. The summed E-state index contributed by atoms with van der Waals surface area (Å²) in [7, 11) is 0. The molecule has 0 unspecified atom stereocenters. The number of anilines is 1. The van der Waals surface area contributed by atoms with Crippen LogP contribution in [-0.2, 0) is 19.5 Å². The van der Waals surface area contributed by atoms with Crippen molar-refractivity contribution in [3.05, 3.63) is 64.1 Å². The predicted octanol–water partition coefficient (Wildman–Crippen LogP) is 6.30. The Kier molecular flexibility index (Phi) is 7.98. The number of aromatic carboxylic acids is 1. The zero-order valence-electron chi connectivity index (χ0n) is 27.1. The molecule has 50 heavy (non-hydrogen) atoms. The fraction of sp³-hybridized carbons (Fsp3) is 0.400. The van der Waals surface area contributed by atoms with E-state index in [9.17, 15) is 19.4 Å².